The molecule has 24 heavy (non-hydrogen) atoms. The predicted octanol–water partition coefficient (Wildman–Crippen LogP) is 6.17. The van der Waals surface area contributed by atoms with Crippen LogP contribution < -0.4 is 0 Å². The Labute approximate surface area is 150 Å². The van der Waals surface area contributed by atoms with Crippen molar-refractivity contribution in [3.63, 3.8) is 0 Å². The molecule has 0 heterocycles. The van der Waals surface area contributed by atoms with E-state index in [2.05, 4.69) is 31.2 Å². The molecule has 0 bridgehead atoms. The van der Waals surface area contributed by atoms with Crippen molar-refractivity contribution in [1.29, 1.82) is 0 Å². The molecule has 0 aromatic carbocycles. The third-order valence-corrected chi connectivity index (χ3v) is 4.49. The minimum absolute atomic E-state index is 0.330. The maximum absolute atomic E-state index is 10.8. The second kappa shape index (κ2) is 17.2. The zero-order valence-electron chi connectivity index (χ0n) is 15.8. The summed E-state index contributed by atoms with van der Waals surface area (Å²) in [6, 6.07) is 0. The third kappa shape index (κ3) is 21.4. The number of hydrogen-bond acceptors (Lipinski definition) is 3. The molecule has 0 atom stereocenters. The fraction of sp³-hybridized carbons (Fsp3) is 0.800. The van der Waals surface area contributed by atoms with Gasteiger partial charge in [0, 0.05) is 0 Å². The van der Waals surface area contributed by atoms with Gasteiger partial charge in [-0.2, -0.15) is 8.42 Å². The van der Waals surface area contributed by atoms with Gasteiger partial charge in [-0.1, -0.05) is 76.2 Å². The largest absolute Gasteiger partial charge is 0.270 e. The van der Waals surface area contributed by atoms with Crippen molar-refractivity contribution >= 4 is 10.1 Å². The van der Waals surface area contributed by atoms with Crippen LogP contribution in [0.5, 0.6) is 0 Å². The summed E-state index contributed by atoms with van der Waals surface area (Å²) in [5.41, 5.74) is 0. The van der Waals surface area contributed by atoms with Crippen LogP contribution in [-0.2, 0) is 14.3 Å². The standard InChI is InChI=1S/C20H38O3S/c1-3-4-5-6-7-8-9-10-11-12-13-14-15-16-17-18-19-20-23-24(2,21)22/h7-8,10-11H,3-6,9,12-20H2,1-2H3/b8-7-,11-10-. The Hall–Kier alpha value is -0.610. The summed E-state index contributed by atoms with van der Waals surface area (Å²) < 4.78 is 26.3. The van der Waals surface area contributed by atoms with E-state index in [-0.39, 0.29) is 0 Å². The van der Waals surface area contributed by atoms with E-state index in [0.29, 0.717) is 6.61 Å². The van der Waals surface area contributed by atoms with E-state index in [9.17, 15) is 8.42 Å². The molecule has 0 amide bonds. The van der Waals surface area contributed by atoms with E-state index in [4.69, 9.17) is 4.18 Å². The summed E-state index contributed by atoms with van der Waals surface area (Å²) in [7, 11) is -3.26. The molecule has 0 aliphatic heterocycles. The van der Waals surface area contributed by atoms with Gasteiger partial charge in [-0.15, -0.1) is 0 Å². The quantitative estimate of drug-likeness (QED) is 0.177. The Bertz CT molecular complexity index is 411. The molecule has 0 aromatic heterocycles. The van der Waals surface area contributed by atoms with E-state index < -0.39 is 10.1 Å². The fourth-order valence-corrected chi connectivity index (χ4v) is 2.90. The highest BCUT2D eigenvalue weighted by molar-refractivity contribution is 7.85. The van der Waals surface area contributed by atoms with Crippen molar-refractivity contribution in [2.45, 2.75) is 90.4 Å². The van der Waals surface area contributed by atoms with E-state index in [1.807, 2.05) is 0 Å². The fourth-order valence-electron chi connectivity index (χ4n) is 2.48. The number of hydrogen-bond donors (Lipinski definition) is 0. The molecule has 4 heteroatoms. The van der Waals surface area contributed by atoms with Crippen molar-refractivity contribution in [3.8, 4) is 0 Å². The lowest BCUT2D eigenvalue weighted by molar-refractivity contribution is 0.309. The minimum Gasteiger partial charge on any atom is -0.270 e. The molecule has 0 saturated carbocycles. The van der Waals surface area contributed by atoms with Gasteiger partial charge >= 0.3 is 0 Å². The van der Waals surface area contributed by atoms with Crippen LogP contribution >= 0.6 is 0 Å². The van der Waals surface area contributed by atoms with Crippen molar-refractivity contribution in [3.05, 3.63) is 24.3 Å². The lowest BCUT2D eigenvalue weighted by atomic mass is 10.1. The molecular formula is C20H38O3S. The average Bonchev–Trinajstić information content (AvgIpc) is 2.52. The van der Waals surface area contributed by atoms with Crippen molar-refractivity contribution in [1.82, 2.24) is 0 Å². The summed E-state index contributed by atoms with van der Waals surface area (Å²) in [5, 5.41) is 0. The van der Waals surface area contributed by atoms with Crippen LogP contribution in [0.15, 0.2) is 24.3 Å². The Balaban J connectivity index is 3.20. The van der Waals surface area contributed by atoms with Crippen LogP contribution in [0.25, 0.3) is 0 Å². The van der Waals surface area contributed by atoms with Crippen LogP contribution in [0.1, 0.15) is 90.4 Å². The molecule has 0 N–H and O–H groups in total. The molecule has 0 spiro atoms. The number of unbranched alkanes of at least 4 members (excludes halogenated alkanes) is 10. The van der Waals surface area contributed by atoms with E-state index >= 15 is 0 Å². The van der Waals surface area contributed by atoms with E-state index in [0.717, 1.165) is 25.5 Å². The van der Waals surface area contributed by atoms with Gasteiger partial charge in [0.25, 0.3) is 10.1 Å². The molecule has 0 aromatic rings. The molecule has 0 rings (SSSR count). The smallest absolute Gasteiger partial charge is 0.264 e. The first-order valence-electron chi connectivity index (χ1n) is 9.70. The van der Waals surface area contributed by atoms with Crippen LogP contribution in [0, 0.1) is 0 Å². The van der Waals surface area contributed by atoms with Gasteiger partial charge in [0.2, 0.25) is 0 Å². The van der Waals surface area contributed by atoms with Crippen molar-refractivity contribution in [2.24, 2.45) is 0 Å². The van der Waals surface area contributed by atoms with Gasteiger partial charge in [-0.25, -0.2) is 0 Å². The Morgan fingerprint density at radius 3 is 1.75 bits per heavy atom. The second-order valence-corrected chi connectivity index (χ2v) is 8.11. The van der Waals surface area contributed by atoms with Crippen molar-refractivity contribution < 1.29 is 12.6 Å². The van der Waals surface area contributed by atoms with Gasteiger partial charge in [-0.05, 0) is 38.5 Å². The van der Waals surface area contributed by atoms with E-state index in [1.54, 1.807) is 0 Å². The summed E-state index contributed by atoms with van der Waals surface area (Å²) >= 11 is 0. The highest BCUT2D eigenvalue weighted by atomic mass is 32.2. The molecular weight excluding hydrogens is 320 g/mol. The van der Waals surface area contributed by atoms with Crippen LogP contribution in [0.3, 0.4) is 0 Å². The lowest BCUT2D eigenvalue weighted by Gasteiger charge is -2.02. The zero-order valence-corrected chi connectivity index (χ0v) is 16.7. The maximum Gasteiger partial charge on any atom is 0.264 e. The van der Waals surface area contributed by atoms with Crippen LogP contribution in [-0.4, -0.2) is 21.3 Å². The molecule has 0 aliphatic carbocycles. The van der Waals surface area contributed by atoms with Gasteiger partial charge < -0.3 is 0 Å². The first-order valence-corrected chi connectivity index (χ1v) is 11.5. The molecule has 0 unspecified atom stereocenters. The minimum atomic E-state index is -3.26. The Kier molecular flexibility index (Phi) is 16.8. The van der Waals surface area contributed by atoms with Gasteiger partial charge in [-0.3, -0.25) is 4.18 Å². The van der Waals surface area contributed by atoms with Crippen LogP contribution in [0.2, 0.25) is 0 Å². The SMILES string of the molecule is CCCCC/C=C\C/C=C\CCCCCCCCCOS(C)(=O)=O. The van der Waals surface area contributed by atoms with Gasteiger partial charge in [0.15, 0.2) is 0 Å². The Morgan fingerprint density at radius 1 is 0.708 bits per heavy atom. The summed E-state index contributed by atoms with van der Waals surface area (Å²) in [5.74, 6) is 0. The van der Waals surface area contributed by atoms with Crippen LogP contribution in [0.4, 0.5) is 0 Å². The normalized spacial score (nSPS) is 12.6. The average molecular weight is 359 g/mol. The maximum atomic E-state index is 10.8. The third-order valence-electron chi connectivity index (χ3n) is 3.89. The molecule has 0 saturated heterocycles. The zero-order chi connectivity index (χ0) is 17.9. The summed E-state index contributed by atoms with van der Waals surface area (Å²) in [4.78, 5) is 0. The highest BCUT2D eigenvalue weighted by Gasteiger charge is 2.00. The molecule has 0 fully saturated rings. The van der Waals surface area contributed by atoms with Crippen molar-refractivity contribution in [2.75, 3.05) is 12.9 Å². The molecule has 0 aliphatic rings. The highest BCUT2D eigenvalue weighted by Crippen LogP contribution is 2.09. The topological polar surface area (TPSA) is 43.4 Å². The van der Waals surface area contributed by atoms with Gasteiger partial charge in [0.05, 0.1) is 12.9 Å². The molecule has 0 radical (unpaired) electrons. The number of allylic oxidation sites excluding steroid dienone is 4. The first-order chi connectivity index (χ1) is 11.6. The lowest BCUT2D eigenvalue weighted by Crippen LogP contribution is -2.03. The summed E-state index contributed by atoms with van der Waals surface area (Å²) in [6.45, 7) is 2.57. The van der Waals surface area contributed by atoms with Gasteiger partial charge in [0.1, 0.15) is 0 Å². The molecule has 3 nitrogen and oxygen atoms in total. The second-order valence-electron chi connectivity index (χ2n) is 6.46. The van der Waals surface area contributed by atoms with E-state index in [1.165, 1.54) is 64.2 Å². The first kappa shape index (κ1) is 23.4. The Morgan fingerprint density at radius 2 is 1.21 bits per heavy atom. The summed E-state index contributed by atoms with van der Waals surface area (Å²) in [6.07, 6.45) is 25.8. The number of rotatable bonds is 17. The molecule has 142 valence electrons. The monoisotopic (exact) mass is 358 g/mol. The predicted molar refractivity (Wildman–Crippen MR) is 105 cm³/mol.